The van der Waals surface area contributed by atoms with Crippen LogP contribution in [-0.4, -0.2) is 25.0 Å². The average Bonchev–Trinajstić information content (AvgIpc) is 3.17. The van der Waals surface area contributed by atoms with Gasteiger partial charge in [-0.3, -0.25) is 9.69 Å². The van der Waals surface area contributed by atoms with E-state index in [4.69, 9.17) is 4.74 Å². The smallest absolute Gasteiger partial charge is 0.317 e. The van der Waals surface area contributed by atoms with Crippen molar-refractivity contribution in [1.82, 2.24) is 0 Å². The number of rotatable bonds is 6. The van der Waals surface area contributed by atoms with Gasteiger partial charge in [-0.05, 0) is 74.4 Å². The second-order valence-corrected chi connectivity index (χ2v) is 7.53. The van der Waals surface area contributed by atoms with Crippen LogP contribution in [0.2, 0.25) is 0 Å². The Bertz CT molecular complexity index is 1110. The van der Waals surface area contributed by atoms with E-state index in [-0.39, 0.29) is 17.7 Å². The molecule has 5 nitrogen and oxygen atoms in total. The summed E-state index contributed by atoms with van der Waals surface area (Å²) in [4.78, 5) is 21.1. The van der Waals surface area contributed by atoms with Crippen LogP contribution >= 0.6 is 0 Å². The van der Waals surface area contributed by atoms with Gasteiger partial charge in [0.2, 0.25) is 0 Å². The van der Waals surface area contributed by atoms with Gasteiger partial charge in [-0.15, -0.1) is 0 Å². The number of hydrogen-bond donors (Lipinski definition) is 0. The Kier molecular flexibility index (Phi) is 6.36. The van der Waals surface area contributed by atoms with E-state index in [2.05, 4.69) is 35.9 Å². The maximum atomic E-state index is 12.7. The van der Waals surface area contributed by atoms with Crippen LogP contribution in [0.15, 0.2) is 89.6 Å². The first-order valence-electron chi connectivity index (χ1n) is 10.9. The monoisotopic (exact) mass is 425 g/mol. The molecule has 0 bridgehead atoms. The summed E-state index contributed by atoms with van der Waals surface area (Å²) in [5.74, 6) is -0.167. The molecule has 0 spiro atoms. The number of carbonyl (C=O) groups excluding carboxylic acids is 1. The molecule has 32 heavy (non-hydrogen) atoms. The number of aryl methyl sites for hydroxylation is 1. The van der Waals surface area contributed by atoms with Gasteiger partial charge in [0.25, 0.3) is 0 Å². The number of nitrogens with zero attached hydrogens (tertiary/aromatic N) is 3. The second kappa shape index (κ2) is 9.52. The van der Waals surface area contributed by atoms with Crippen molar-refractivity contribution in [3.8, 4) is 0 Å². The lowest BCUT2D eigenvalue weighted by molar-refractivity contribution is -0.115. The number of amidine groups is 1. The molecule has 0 atom stereocenters. The van der Waals surface area contributed by atoms with Crippen molar-refractivity contribution in [2.45, 2.75) is 20.8 Å². The van der Waals surface area contributed by atoms with Gasteiger partial charge in [0.1, 0.15) is 0 Å². The highest BCUT2D eigenvalue weighted by Crippen LogP contribution is 2.30. The molecule has 5 heteroatoms. The average molecular weight is 426 g/mol. The van der Waals surface area contributed by atoms with Crippen molar-refractivity contribution in [2.24, 2.45) is 4.99 Å². The molecule has 0 fully saturated rings. The number of para-hydroxylation sites is 2. The minimum atomic E-state index is -0.385. The van der Waals surface area contributed by atoms with E-state index >= 15 is 0 Å². The number of benzene rings is 3. The first-order chi connectivity index (χ1) is 15.6. The van der Waals surface area contributed by atoms with E-state index < -0.39 is 0 Å². The minimum Gasteiger partial charge on any atom is -0.419 e. The number of anilines is 3. The lowest BCUT2D eigenvalue weighted by atomic mass is 10.1. The Labute approximate surface area is 189 Å². The van der Waals surface area contributed by atoms with Gasteiger partial charge in [0.15, 0.2) is 5.76 Å². The highest BCUT2D eigenvalue weighted by Gasteiger charge is 2.29. The Morgan fingerprint density at radius 2 is 1.44 bits per heavy atom. The molecule has 0 unspecified atom stereocenters. The molecular weight excluding hydrogens is 398 g/mol. The molecule has 0 saturated carbocycles. The Hall–Kier alpha value is -3.86. The Balaban J connectivity index is 1.64. The number of aliphatic imine (C=N–C) groups is 1. The van der Waals surface area contributed by atoms with Crippen molar-refractivity contribution in [3.63, 3.8) is 0 Å². The fourth-order valence-corrected chi connectivity index (χ4v) is 3.77. The number of ether oxygens (including phenoxy) is 1. The lowest BCUT2D eigenvalue weighted by Crippen LogP contribution is -2.25. The van der Waals surface area contributed by atoms with Crippen molar-refractivity contribution in [1.29, 1.82) is 0 Å². The van der Waals surface area contributed by atoms with E-state index in [9.17, 15) is 4.79 Å². The third kappa shape index (κ3) is 4.42. The van der Waals surface area contributed by atoms with Crippen LogP contribution in [0.3, 0.4) is 0 Å². The molecule has 0 radical (unpaired) electrons. The standard InChI is InChI=1S/C27H27N3O2/c1-4-29(5-2)24-17-16-21(20(3)18-24)19-25-26(31)28-27(32-25)30(22-12-8-6-9-13-22)23-14-10-7-11-15-23/h6-19H,4-5H2,1-3H3/b25-19+. The van der Waals surface area contributed by atoms with Crippen LogP contribution in [0.25, 0.3) is 6.08 Å². The molecule has 1 aliphatic heterocycles. The molecule has 0 aromatic heterocycles. The molecule has 1 heterocycles. The molecule has 1 aliphatic rings. The largest absolute Gasteiger partial charge is 0.419 e. The van der Waals surface area contributed by atoms with Crippen LogP contribution in [0.5, 0.6) is 0 Å². The molecule has 162 valence electrons. The summed E-state index contributed by atoms with van der Waals surface area (Å²) in [5.41, 5.74) is 4.92. The zero-order chi connectivity index (χ0) is 22.5. The molecule has 3 aromatic rings. The van der Waals surface area contributed by atoms with Crippen LogP contribution in [-0.2, 0) is 9.53 Å². The predicted molar refractivity (Wildman–Crippen MR) is 131 cm³/mol. The fraction of sp³-hybridized carbons (Fsp3) is 0.185. The predicted octanol–water partition coefficient (Wildman–Crippen LogP) is 5.93. The minimum absolute atomic E-state index is 0.218. The zero-order valence-electron chi connectivity index (χ0n) is 18.7. The van der Waals surface area contributed by atoms with E-state index in [0.717, 1.165) is 35.6 Å². The highest BCUT2D eigenvalue weighted by molar-refractivity contribution is 6.14. The lowest BCUT2D eigenvalue weighted by Gasteiger charge is -2.23. The third-order valence-electron chi connectivity index (χ3n) is 5.50. The normalized spacial score (nSPS) is 14.3. The Morgan fingerprint density at radius 3 is 1.97 bits per heavy atom. The second-order valence-electron chi connectivity index (χ2n) is 7.53. The van der Waals surface area contributed by atoms with Crippen molar-refractivity contribution in [3.05, 3.63) is 95.7 Å². The first kappa shape index (κ1) is 21.4. The van der Waals surface area contributed by atoms with Crippen molar-refractivity contribution < 1.29 is 9.53 Å². The summed E-state index contributed by atoms with van der Waals surface area (Å²) in [6.45, 7) is 8.22. The van der Waals surface area contributed by atoms with Gasteiger partial charge in [0.05, 0.1) is 11.4 Å². The molecule has 0 aliphatic carbocycles. The van der Waals surface area contributed by atoms with Gasteiger partial charge in [0, 0.05) is 18.8 Å². The van der Waals surface area contributed by atoms with E-state index in [1.807, 2.05) is 78.6 Å². The van der Waals surface area contributed by atoms with Gasteiger partial charge in [-0.2, -0.15) is 4.99 Å². The molecule has 4 rings (SSSR count). The van der Waals surface area contributed by atoms with Crippen molar-refractivity contribution in [2.75, 3.05) is 22.9 Å². The van der Waals surface area contributed by atoms with Crippen LogP contribution in [0, 0.1) is 6.92 Å². The van der Waals surface area contributed by atoms with Gasteiger partial charge < -0.3 is 9.64 Å². The van der Waals surface area contributed by atoms with Gasteiger partial charge in [-0.25, -0.2) is 0 Å². The van der Waals surface area contributed by atoms with E-state index in [1.54, 1.807) is 6.08 Å². The van der Waals surface area contributed by atoms with E-state index in [0.29, 0.717) is 0 Å². The number of hydrogen-bond acceptors (Lipinski definition) is 4. The maximum Gasteiger partial charge on any atom is 0.317 e. The van der Waals surface area contributed by atoms with Crippen LogP contribution < -0.4 is 9.80 Å². The van der Waals surface area contributed by atoms with Crippen LogP contribution in [0.1, 0.15) is 25.0 Å². The fourth-order valence-electron chi connectivity index (χ4n) is 3.77. The van der Waals surface area contributed by atoms with Gasteiger partial charge in [-0.1, -0.05) is 42.5 Å². The zero-order valence-corrected chi connectivity index (χ0v) is 18.7. The highest BCUT2D eigenvalue weighted by atomic mass is 16.5. The molecule has 0 saturated heterocycles. The summed E-state index contributed by atoms with van der Waals surface area (Å²) in [6.07, 6.45) is 1.77. The third-order valence-corrected chi connectivity index (χ3v) is 5.50. The topological polar surface area (TPSA) is 45.1 Å². The number of amides is 1. The molecular formula is C27H27N3O2. The molecule has 0 N–H and O–H groups in total. The van der Waals surface area contributed by atoms with Crippen molar-refractivity contribution >= 4 is 35.1 Å². The summed E-state index contributed by atoms with van der Waals surface area (Å²) in [6, 6.07) is 26.0. The van der Waals surface area contributed by atoms with Crippen LogP contribution in [0.4, 0.5) is 17.1 Å². The quantitative estimate of drug-likeness (QED) is 0.459. The maximum absolute atomic E-state index is 12.7. The Morgan fingerprint density at radius 1 is 0.844 bits per heavy atom. The SMILES string of the molecule is CCN(CC)c1ccc(/C=C2/OC(N(c3ccccc3)c3ccccc3)=NC2=O)c(C)c1. The summed E-state index contributed by atoms with van der Waals surface area (Å²) in [5, 5.41) is 0. The molecule has 1 amide bonds. The summed E-state index contributed by atoms with van der Waals surface area (Å²) >= 11 is 0. The van der Waals surface area contributed by atoms with Gasteiger partial charge >= 0.3 is 11.9 Å². The van der Waals surface area contributed by atoms with E-state index in [1.165, 1.54) is 5.69 Å². The molecule has 3 aromatic carbocycles. The number of carbonyl (C=O) groups is 1. The summed E-state index contributed by atoms with van der Waals surface area (Å²) < 4.78 is 6.00. The first-order valence-corrected chi connectivity index (χ1v) is 10.9. The summed E-state index contributed by atoms with van der Waals surface area (Å²) in [7, 11) is 0.